The highest BCUT2D eigenvalue weighted by Gasteiger charge is 2.28. The van der Waals surface area contributed by atoms with Gasteiger partial charge in [-0.25, -0.2) is 0 Å². The first-order chi connectivity index (χ1) is 8.11. The molecule has 0 aliphatic rings. The lowest BCUT2D eigenvalue weighted by Crippen LogP contribution is -2.29. The molecule has 17 heavy (non-hydrogen) atoms. The molecule has 1 aromatic carbocycles. The van der Waals surface area contributed by atoms with Crippen molar-refractivity contribution in [1.82, 2.24) is 0 Å². The molecule has 1 aromatic rings. The highest BCUT2D eigenvalue weighted by molar-refractivity contribution is 5.21. The van der Waals surface area contributed by atoms with Crippen LogP contribution in [-0.2, 0) is 0 Å². The van der Waals surface area contributed by atoms with Gasteiger partial charge in [0, 0.05) is 5.92 Å². The van der Waals surface area contributed by atoms with Gasteiger partial charge in [0.1, 0.15) is 0 Å². The minimum atomic E-state index is -0.239. The largest absolute Gasteiger partial charge is 0.392 e. The van der Waals surface area contributed by atoms with E-state index >= 15 is 0 Å². The second kappa shape index (κ2) is 6.80. The molecule has 1 rings (SSSR count). The van der Waals surface area contributed by atoms with Gasteiger partial charge in [-0.2, -0.15) is 0 Å². The molecule has 4 unspecified atom stereocenters. The van der Waals surface area contributed by atoms with Crippen LogP contribution in [0, 0.1) is 11.8 Å². The third-order valence-corrected chi connectivity index (χ3v) is 4.04. The van der Waals surface area contributed by atoms with Gasteiger partial charge in [0.25, 0.3) is 0 Å². The summed E-state index contributed by atoms with van der Waals surface area (Å²) in [5, 5.41) is 10.5. The van der Waals surface area contributed by atoms with E-state index in [1.54, 1.807) is 0 Å². The number of rotatable bonds is 6. The van der Waals surface area contributed by atoms with Crippen LogP contribution in [0.15, 0.2) is 30.3 Å². The van der Waals surface area contributed by atoms with Crippen LogP contribution >= 0.6 is 0 Å². The molecule has 0 aromatic heterocycles. The third kappa shape index (κ3) is 3.57. The Hall–Kier alpha value is -0.820. The Morgan fingerprint density at radius 2 is 1.47 bits per heavy atom. The van der Waals surface area contributed by atoms with Gasteiger partial charge in [-0.1, -0.05) is 70.9 Å². The number of hydrogen-bond acceptors (Lipinski definition) is 1. The van der Waals surface area contributed by atoms with Crippen LogP contribution in [-0.4, -0.2) is 11.2 Å². The van der Waals surface area contributed by atoms with Gasteiger partial charge in [0.2, 0.25) is 0 Å². The van der Waals surface area contributed by atoms with Gasteiger partial charge in [-0.15, -0.1) is 0 Å². The summed E-state index contributed by atoms with van der Waals surface area (Å²) in [6, 6.07) is 10.4. The van der Waals surface area contributed by atoms with Crippen LogP contribution < -0.4 is 0 Å². The van der Waals surface area contributed by atoms with Crippen LogP contribution in [0.1, 0.15) is 52.0 Å². The monoisotopic (exact) mass is 234 g/mol. The fourth-order valence-electron chi connectivity index (χ4n) is 2.39. The van der Waals surface area contributed by atoms with E-state index in [9.17, 15) is 5.11 Å². The van der Waals surface area contributed by atoms with Crippen LogP contribution in [0.5, 0.6) is 0 Å². The molecule has 1 heteroatoms. The summed E-state index contributed by atoms with van der Waals surface area (Å²) < 4.78 is 0. The number of benzene rings is 1. The van der Waals surface area contributed by atoms with Crippen LogP contribution in [0.2, 0.25) is 0 Å². The molecule has 0 saturated heterocycles. The first-order valence-corrected chi connectivity index (χ1v) is 6.84. The van der Waals surface area contributed by atoms with Crippen molar-refractivity contribution in [1.29, 1.82) is 0 Å². The standard InChI is InChI=1S/C16H26O/c1-5-12(3)15(16(17)13(4)6-2)14-10-8-7-9-11-14/h7-13,15-17H,5-6H2,1-4H3. The lowest BCUT2D eigenvalue weighted by Gasteiger charge is -2.32. The van der Waals surface area contributed by atoms with Gasteiger partial charge >= 0.3 is 0 Å². The predicted octanol–water partition coefficient (Wildman–Crippen LogP) is 4.22. The quantitative estimate of drug-likeness (QED) is 0.781. The van der Waals surface area contributed by atoms with Gasteiger partial charge in [-0.3, -0.25) is 0 Å². The SMILES string of the molecule is CCC(C)C(O)C(c1ccccc1)C(C)CC. The number of aliphatic hydroxyl groups is 1. The predicted molar refractivity (Wildman–Crippen MR) is 74.1 cm³/mol. The topological polar surface area (TPSA) is 20.2 Å². The van der Waals surface area contributed by atoms with Crippen molar-refractivity contribution in [2.45, 2.75) is 52.6 Å². The van der Waals surface area contributed by atoms with E-state index in [0.717, 1.165) is 12.8 Å². The van der Waals surface area contributed by atoms with E-state index < -0.39 is 0 Å². The van der Waals surface area contributed by atoms with Gasteiger partial charge in [0.05, 0.1) is 6.10 Å². The van der Waals surface area contributed by atoms with E-state index in [1.807, 2.05) is 6.07 Å². The molecule has 0 amide bonds. The first kappa shape index (κ1) is 14.2. The van der Waals surface area contributed by atoms with E-state index in [-0.39, 0.29) is 12.0 Å². The Labute approximate surface area is 106 Å². The number of hydrogen-bond donors (Lipinski definition) is 1. The zero-order valence-electron chi connectivity index (χ0n) is 11.6. The highest BCUT2D eigenvalue weighted by Crippen LogP contribution is 2.34. The summed E-state index contributed by atoms with van der Waals surface area (Å²) in [6.45, 7) is 8.72. The molecule has 1 N–H and O–H groups in total. The van der Waals surface area contributed by atoms with Crippen LogP contribution in [0.25, 0.3) is 0 Å². The molecule has 0 saturated carbocycles. The lowest BCUT2D eigenvalue weighted by atomic mass is 9.77. The molecule has 0 radical (unpaired) electrons. The molecule has 0 fully saturated rings. The summed E-state index contributed by atoms with van der Waals surface area (Å²) in [5.41, 5.74) is 1.27. The molecule has 1 nitrogen and oxygen atoms in total. The van der Waals surface area contributed by atoms with Crippen LogP contribution in [0.3, 0.4) is 0 Å². The fourth-order valence-corrected chi connectivity index (χ4v) is 2.39. The summed E-state index contributed by atoms with van der Waals surface area (Å²) in [6.07, 6.45) is 1.89. The summed E-state index contributed by atoms with van der Waals surface area (Å²) in [7, 11) is 0. The minimum Gasteiger partial charge on any atom is -0.392 e. The molecule has 0 spiro atoms. The maximum atomic E-state index is 10.5. The highest BCUT2D eigenvalue weighted by atomic mass is 16.3. The molecule has 0 aliphatic carbocycles. The van der Waals surface area contributed by atoms with Crippen molar-refractivity contribution in [2.24, 2.45) is 11.8 Å². The van der Waals surface area contributed by atoms with Crippen molar-refractivity contribution >= 4 is 0 Å². The summed E-state index contributed by atoms with van der Waals surface area (Å²) in [5.74, 6) is 1.13. The lowest BCUT2D eigenvalue weighted by molar-refractivity contribution is 0.0659. The summed E-state index contributed by atoms with van der Waals surface area (Å²) >= 11 is 0. The van der Waals surface area contributed by atoms with Gasteiger partial charge in [-0.05, 0) is 17.4 Å². The smallest absolute Gasteiger partial charge is 0.0636 e. The van der Waals surface area contributed by atoms with Crippen molar-refractivity contribution in [3.63, 3.8) is 0 Å². The van der Waals surface area contributed by atoms with Crippen molar-refractivity contribution in [2.75, 3.05) is 0 Å². The van der Waals surface area contributed by atoms with Crippen molar-refractivity contribution < 1.29 is 5.11 Å². The third-order valence-electron chi connectivity index (χ3n) is 4.04. The molecular formula is C16H26O. The molecule has 96 valence electrons. The Kier molecular flexibility index (Phi) is 5.70. The zero-order chi connectivity index (χ0) is 12.8. The van der Waals surface area contributed by atoms with Gasteiger partial charge in [0.15, 0.2) is 0 Å². The maximum Gasteiger partial charge on any atom is 0.0636 e. The first-order valence-electron chi connectivity index (χ1n) is 6.84. The Morgan fingerprint density at radius 1 is 0.941 bits per heavy atom. The molecule has 0 bridgehead atoms. The second-order valence-corrected chi connectivity index (χ2v) is 5.20. The second-order valence-electron chi connectivity index (χ2n) is 5.20. The molecule has 0 aliphatic heterocycles. The minimum absolute atomic E-state index is 0.239. The van der Waals surface area contributed by atoms with E-state index in [0.29, 0.717) is 11.8 Å². The normalized spacial score (nSPS) is 18.4. The van der Waals surface area contributed by atoms with Crippen molar-refractivity contribution in [3.8, 4) is 0 Å². The van der Waals surface area contributed by atoms with Crippen LogP contribution in [0.4, 0.5) is 0 Å². The molecular weight excluding hydrogens is 208 g/mol. The Morgan fingerprint density at radius 3 is 1.94 bits per heavy atom. The number of aliphatic hydroxyl groups excluding tert-OH is 1. The Bertz CT molecular complexity index is 307. The molecule has 0 heterocycles. The summed E-state index contributed by atoms with van der Waals surface area (Å²) in [4.78, 5) is 0. The average molecular weight is 234 g/mol. The molecule has 4 atom stereocenters. The van der Waals surface area contributed by atoms with E-state index in [2.05, 4.69) is 52.0 Å². The Balaban J connectivity index is 2.96. The zero-order valence-corrected chi connectivity index (χ0v) is 11.6. The van der Waals surface area contributed by atoms with E-state index in [4.69, 9.17) is 0 Å². The van der Waals surface area contributed by atoms with E-state index in [1.165, 1.54) is 5.56 Å². The maximum absolute atomic E-state index is 10.5. The fraction of sp³-hybridized carbons (Fsp3) is 0.625. The van der Waals surface area contributed by atoms with Crippen molar-refractivity contribution in [3.05, 3.63) is 35.9 Å². The van der Waals surface area contributed by atoms with Gasteiger partial charge < -0.3 is 5.11 Å². The average Bonchev–Trinajstić information content (AvgIpc) is 2.38.